The maximum absolute atomic E-state index is 13.1. The summed E-state index contributed by atoms with van der Waals surface area (Å²) in [6.45, 7) is 2.40. The third kappa shape index (κ3) is 4.63. The van der Waals surface area contributed by atoms with Crippen LogP contribution in [0.5, 0.6) is 0 Å². The molecule has 0 bridgehead atoms. The Hall–Kier alpha value is -2.58. The molecule has 0 fully saturated rings. The topological polar surface area (TPSA) is 51.1 Å². The molecule has 3 aromatic rings. The van der Waals surface area contributed by atoms with E-state index in [0.717, 1.165) is 29.3 Å². The van der Waals surface area contributed by atoms with Crippen LogP contribution in [-0.4, -0.2) is 13.0 Å². The molecule has 0 unspecified atom stereocenters. The van der Waals surface area contributed by atoms with Gasteiger partial charge in [-0.2, -0.15) is 13.2 Å². The minimum atomic E-state index is -4.75. The van der Waals surface area contributed by atoms with Crippen LogP contribution in [0.1, 0.15) is 22.4 Å². The zero-order valence-electron chi connectivity index (χ0n) is 15.1. The maximum Gasteiger partial charge on any atom is 0.417 e. The zero-order valence-corrected chi connectivity index (χ0v) is 15.9. The maximum atomic E-state index is 13.1. The number of sulfonamides is 1. The molecule has 8 heteroatoms. The molecule has 0 aliphatic carbocycles. The fraction of sp³-hybridized carbons (Fsp3) is 0.200. The summed E-state index contributed by atoms with van der Waals surface area (Å²) in [7, 11) is -4.33. The lowest BCUT2D eigenvalue weighted by molar-refractivity contribution is -0.139. The van der Waals surface area contributed by atoms with Gasteiger partial charge in [0.25, 0.3) is 0 Å². The van der Waals surface area contributed by atoms with Gasteiger partial charge in [-0.05, 0) is 36.8 Å². The van der Waals surface area contributed by atoms with E-state index < -0.39 is 26.7 Å². The summed E-state index contributed by atoms with van der Waals surface area (Å²) < 4.78 is 68.5. The van der Waals surface area contributed by atoms with E-state index in [2.05, 4.69) is 4.72 Å². The summed E-state index contributed by atoms with van der Waals surface area (Å²) in [5.74, 6) is 0. The van der Waals surface area contributed by atoms with Gasteiger partial charge in [0, 0.05) is 18.4 Å². The van der Waals surface area contributed by atoms with E-state index in [1.807, 2.05) is 35.8 Å². The molecule has 0 spiro atoms. The van der Waals surface area contributed by atoms with Crippen LogP contribution in [0, 0.1) is 6.92 Å². The average molecular weight is 408 g/mol. The van der Waals surface area contributed by atoms with Crippen LogP contribution in [0.4, 0.5) is 13.2 Å². The van der Waals surface area contributed by atoms with Crippen molar-refractivity contribution in [2.24, 2.45) is 0 Å². The number of hydrogen-bond donors (Lipinski definition) is 1. The first-order valence-electron chi connectivity index (χ1n) is 8.52. The number of benzene rings is 2. The van der Waals surface area contributed by atoms with Gasteiger partial charge in [0.15, 0.2) is 0 Å². The number of aromatic nitrogens is 1. The number of nitrogens with one attached hydrogen (secondary N) is 1. The van der Waals surface area contributed by atoms with Gasteiger partial charge in [0.2, 0.25) is 10.0 Å². The van der Waals surface area contributed by atoms with E-state index in [-0.39, 0.29) is 6.54 Å². The van der Waals surface area contributed by atoms with Crippen LogP contribution >= 0.6 is 0 Å². The molecule has 3 rings (SSSR count). The SMILES string of the molecule is Cc1ccc(Cn2cccc2CNS(=O)(=O)c2ccccc2C(F)(F)F)cc1. The fourth-order valence-corrected chi connectivity index (χ4v) is 4.06. The van der Waals surface area contributed by atoms with Crippen LogP contribution in [0.2, 0.25) is 0 Å². The first-order chi connectivity index (χ1) is 13.2. The van der Waals surface area contributed by atoms with Gasteiger partial charge in [-0.1, -0.05) is 42.0 Å². The second-order valence-corrected chi connectivity index (χ2v) is 8.17. The number of nitrogens with zero attached hydrogens (tertiary/aromatic N) is 1. The highest BCUT2D eigenvalue weighted by atomic mass is 32.2. The van der Waals surface area contributed by atoms with Crippen molar-refractivity contribution in [1.29, 1.82) is 0 Å². The predicted octanol–water partition coefficient (Wildman–Crippen LogP) is 4.34. The van der Waals surface area contributed by atoms with Gasteiger partial charge in [-0.3, -0.25) is 0 Å². The molecule has 0 radical (unpaired) electrons. The van der Waals surface area contributed by atoms with E-state index >= 15 is 0 Å². The van der Waals surface area contributed by atoms with E-state index in [0.29, 0.717) is 12.2 Å². The van der Waals surface area contributed by atoms with Crippen molar-refractivity contribution < 1.29 is 21.6 Å². The molecule has 1 heterocycles. The highest BCUT2D eigenvalue weighted by molar-refractivity contribution is 7.89. The molecule has 0 amide bonds. The highest BCUT2D eigenvalue weighted by Gasteiger charge is 2.36. The molecule has 1 aromatic heterocycles. The summed E-state index contributed by atoms with van der Waals surface area (Å²) >= 11 is 0. The van der Waals surface area contributed by atoms with E-state index in [1.165, 1.54) is 6.07 Å². The van der Waals surface area contributed by atoms with Gasteiger partial charge in [-0.15, -0.1) is 0 Å². The lowest BCUT2D eigenvalue weighted by Crippen LogP contribution is -2.27. The third-order valence-electron chi connectivity index (χ3n) is 4.32. The number of hydrogen-bond acceptors (Lipinski definition) is 2. The summed E-state index contributed by atoms with van der Waals surface area (Å²) in [4.78, 5) is -0.779. The zero-order chi connectivity index (χ0) is 20.4. The Bertz CT molecular complexity index is 1060. The molecule has 0 atom stereocenters. The Morgan fingerprint density at radius 1 is 0.964 bits per heavy atom. The first kappa shape index (κ1) is 20.2. The van der Waals surface area contributed by atoms with Crippen molar-refractivity contribution in [2.45, 2.75) is 31.1 Å². The molecule has 0 saturated carbocycles. The summed E-state index contributed by atoms with van der Waals surface area (Å²) in [6.07, 6.45) is -2.95. The molecule has 4 nitrogen and oxygen atoms in total. The number of rotatable bonds is 6. The summed E-state index contributed by atoms with van der Waals surface area (Å²) in [5.41, 5.74) is 1.63. The second-order valence-electron chi connectivity index (χ2n) is 6.43. The van der Waals surface area contributed by atoms with Gasteiger partial charge >= 0.3 is 6.18 Å². The quantitative estimate of drug-likeness (QED) is 0.660. The van der Waals surface area contributed by atoms with Crippen molar-refractivity contribution in [3.8, 4) is 0 Å². The second kappa shape index (κ2) is 7.81. The lowest BCUT2D eigenvalue weighted by Gasteiger charge is -2.15. The van der Waals surface area contributed by atoms with E-state index in [4.69, 9.17) is 0 Å². The van der Waals surface area contributed by atoms with Crippen LogP contribution < -0.4 is 4.72 Å². The highest BCUT2D eigenvalue weighted by Crippen LogP contribution is 2.33. The summed E-state index contributed by atoms with van der Waals surface area (Å²) in [5, 5.41) is 0. The van der Waals surface area contributed by atoms with Crippen molar-refractivity contribution in [3.63, 3.8) is 0 Å². The van der Waals surface area contributed by atoms with Crippen molar-refractivity contribution in [2.75, 3.05) is 0 Å². The van der Waals surface area contributed by atoms with Crippen LogP contribution in [-0.2, 0) is 29.3 Å². The summed E-state index contributed by atoms with van der Waals surface area (Å²) in [6, 6.07) is 15.5. The lowest BCUT2D eigenvalue weighted by atomic mass is 10.1. The smallest absolute Gasteiger partial charge is 0.346 e. The third-order valence-corrected chi connectivity index (χ3v) is 5.78. The molecule has 28 heavy (non-hydrogen) atoms. The number of alkyl halides is 3. The Morgan fingerprint density at radius 3 is 2.32 bits per heavy atom. The van der Waals surface area contributed by atoms with Crippen molar-refractivity contribution in [3.05, 3.63) is 89.2 Å². The molecule has 2 aromatic carbocycles. The van der Waals surface area contributed by atoms with Crippen molar-refractivity contribution >= 4 is 10.0 Å². The first-order valence-corrected chi connectivity index (χ1v) is 10.0. The Labute approximate surface area is 161 Å². The van der Waals surface area contributed by atoms with Gasteiger partial charge in [-0.25, -0.2) is 13.1 Å². The molecule has 1 N–H and O–H groups in total. The van der Waals surface area contributed by atoms with Gasteiger partial charge < -0.3 is 4.57 Å². The minimum Gasteiger partial charge on any atom is -0.346 e. The van der Waals surface area contributed by atoms with Crippen LogP contribution in [0.3, 0.4) is 0 Å². The van der Waals surface area contributed by atoms with Gasteiger partial charge in [0.1, 0.15) is 0 Å². The minimum absolute atomic E-state index is 0.118. The molecule has 148 valence electrons. The standard InChI is InChI=1S/C20H19F3N2O2S/c1-15-8-10-16(11-9-15)14-25-12-4-5-17(25)13-24-28(26,27)19-7-3-2-6-18(19)20(21,22)23/h2-12,24H,13-14H2,1H3. The molecule has 0 aliphatic rings. The largest absolute Gasteiger partial charge is 0.417 e. The molecule has 0 saturated heterocycles. The van der Waals surface area contributed by atoms with E-state index in [9.17, 15) is 21.6 Å². The monoisotopic (exact) mass is 408 g/mol. The van der Waals surface area contributed by atoms with Crippen LogP contribution in [0.15, 0.2) is 71.8 Å². The number of halogens is 3. The molecular formula is C20H19F3N2O2S. The van der Waals surface area contributed by atoms with Crippen molar-refractivity contribution in [1.82, 2.24) is 9.29 Å². The Kier molecular flexibility index (Phi) is 5.62. The van der Waals surface area contributed by atoms with E-state index in [1.54, 1.807) is 18.3 Å². The fourth-order valence-electron chi connectivity index (χ4n) is 2.84. The predicted molar refractivity (Wildman–Crippen MR) is 100 cm³/mol. The van der Waals surface area contributed by atoms with Crippen LogP contribution in [0.25, 0.3) is 0 Å². The molecular weight excluding hydrogens is 389 g/mol. The Balaban J connectivity index is 1.78. The average Bonchev–Trinajstić information content (AvgIpc) is 3.08. The van der Waals surface area contributed by atoms with Gasteiger partial charge in [0.05, 0.1) is 17.0 Å². The number of aryl methyl sites for hydroxylation is 1. The molecule has 0 aliphatic heterocycles. The Morgan fingerprint density at radius 2 is 1.64 bits per heavy atom. The normalized spacial score (nSPS) is 12.3.